The van der Waals surface area contributed by atoms with Gasteiger partial charge in [0.2, 0.25) is 15.9 Å². The molecular formula is C24H24Cl2N2O3S. The van der Waals surface area contributed by atoms with Crippen LogP contribution >= 0.6 is 23.2 Å². The second-order valence-electron chi connectivity index (χ2n) is 7.68. The highest BCUT2D eigenvalue weighted by Crippen LogP contribution is 2.22. The van der Waals surface area contributed by atoms with Crippen LogP contribution in [0.4, 0.5) is 5.69 Å². The molecule has 0 radical (unpaired) electrons. The number of hydrogen-bond acceptors (Lipinski definition) is 3. The minimum atomic E-state index is -3.96. The fourth-order valence-electron chi connectivity index (χ4n) is 3.13. The molecule has 0 unspecified atom stereocenters. The Hall–Kier alpha value is -2.38. The number of halogens is 2. The van der Waals surface area contributed by atoms with Gasteiger partial charge in [-0.2, -0.15) is 4.31 Å². The molecule has 0 saturated heterocycles. The Morgan fingerprint density at radius 1 is 0.938 bits per heavy atom. The van der Waals surface area contributed by atoms with Gasteiger partial charge < -0.3 is 5.32 Å². The molecule has 8 heteroatoms. The van der Waals surface area contributed by atoms with Crippen LogP contribution in [0.25, 0.3) is 0 Å². The number of carbonyl (C=O) groups excluding carboxylic acids is 1. The Morgan fingerprint density at radius 2 is 1.59 bits per heavy atom. The van der Waals surface area contributed by atoms with Crippen molar-refractivity contribution < 1.29 is 13.2 Å². The number of amides is 1. The monoisotopic (exact) mass is 490 g/mol. The van der Waals surface area contributed by atoms with E-state index in [2.05, 4.69) is 19.2 Å². The first kappa shape index (κ1) is 24.3. The topological polar surface area (TPSA) is 66.5 Å². The Balaban J connectivity index is 1.84. The molecule has 0 spiro atoms. The second-order valence-corrected chi connectivity index (χ2v) is 10.5. The molecule has 0 aromatic heterocycles. The average Bonchev–Trinajstić information content (AvgIpc) is 2.74. The maximum absolute atomic E-state index is 13.3. The molecule has 1 amide bonds. The number of rotatable bonds is 8. The van der Waals surface area contributed by atoms with Crippen LogP contribution < -0.4 is 5.32 Å². The summed E-state index contributed by atoms with van der Waals surface area (Å²) in [6, 6.07) is 20.2. The lowest BCUT2D eigenvalue weighted by molar-refractivity contribution is -0.116. The van der Waals surface area contributed by atoms with Gasteiger partial charge in [-0.25, -0.2) is 8.42 Å². The van der Waals surface area contributed by atoms with Crippen molar-refractivity contribution in [3.8, 4) is 0 Å². The van der Waals surface area contributed by atoms with Gasteiger partial charge in [0.25, 0.3) is 0 Å². The largest absolute Gasteiger partial charge is 0.325 e. The van der Waals surface area contributed by atoms with E-state index in [1.54, 1.807) is 24.3 Å². The van der Waals surface area contributed by atoms with E-state index >= 15 is 0 Å². The zero-order valence-electron chi connectivity index (χ0n) is 17.8. The van der Waals surface area contributed by atoms with Gasteiger partial charge in [-0.15, -0.1) is 0 Å². The predicted octanol–water partition coefficient (Wildman–Crippen LogP) is 5.95. The van der Waals surface area contributed by atoms with Crippen molar-refractivity contribution in [1.82, 2.24) is 4.31 Å². The summed E-state index contributed by atoms with van der Waals surface area (Å²) in [5, 5.41) is 3.69. The summed E-state index contributed by atoms with van der Waals surface area (Å²) in [7, 11) is -3.96. The first-order chi connectivity index (χ1) is 15.1. The molecule has 0 aliphatic heterocycles. The highest BCUT2D eigenvalue weighted by atomic mass is 35.5. The fraction of sp³-hybridized carbons (Fsp3) is 0.208. The number of anilines is 1. The summed E-state index contributed by atoms with van der Waals surface area (Å²) in [6.07, 6.45) is 0. The SMILES string of the molecule is CC(C)c1ccc(NC(=O)CN(Cc2cccc(Cl)c2)S(=O)(=O)c2ccc(Cl)cc2)cc1. The van der Waals surface area contributed by atoms with Crippen molar-refractivity contribution >= 4 is 44.8 Å². The number of nitrogens with zero attached hydrogens (tertiary/aromatic N) is 1. The molecule has 0 atom stereocenters. The zero-order valence-corrected chi connectivity index (χ0v) is 20.1. The van der Waals surface area contributed by atoms with Crippen LogP contribution in [-0.4, -0.2) is 25.2 Å². The van der Waals surface area contributed by atoms with E-state index in [1.807, 2.05) is 24.3 Å². The van der Waals surface area contributed by atoms with Crippen molar-refractivity contribution in [2.45, 2.75) is 31.2 Å². The third-order valence-corrected chi connectivity index (χ3v) is 7.17. The van der Waals surface area contributed by atoms with Gasteiger partial charge in [0, 0.05) is 22.3 Å². The van der Waals surface area contributed by atoms with Gasteiger partial charge >= 0.3 is 0 Å². The van der Waals surface area contributed by atoms with E-state index in [0.29, 0.717) is 27.2 Å². The van der Waals surface area contributed by atoms with E-state index in [-0.39, 0.29) is 18.0 Å². The first-order valence-electron chi connectivity index (χ1n) is 10.0. The summed E-state index contributed by atoms with van der Waals surface area (Å²) in [5.74, 6) is -0.0701. The number of carbonyl (C=O) groups is 1. The second kappa shape index (κ2) is 10.5. The highest BCUT2D eigenvalue weighted by Gasteiger charge is 2.27. The minimum Gasteiger partial charge on any atom is -0.325 e. The lowest BCUT2D eigenvalue weighted by atomic mass is 10.0. The van der Waals surface area contributed by atoms with Gasteiger partial charge in [0.05, 0.1) is 11.4 Å². The molecule has 32 heavy (non-hydrogen) atoms. The van der Waals surface area contributed by atoms with Crippen LogP contribution in [-0.2, 0) is 21.4 Å². The maximum atomic E-state index is 13.3. The summed E-state index contributed by atoms with van der Waals surface area (Å²) < 4.78 is 27.7. The molecule has 168 valence electrons. The third-order valence-electron chi connectivity index (χ3n) is 4.88. The Kier molecular flexibility index (Phi) is 7.96. The molecule has 0 saturated carbocycles. The number of nitrogens with one attached hydrogen (secondary N) is 1. The van der Waals surface area contributed by atoms with E-state index in [1.165, 1.54) is 24.3 Å². The van der Waals surface area contributed by atoms with Crippen molar-refractivity contribution in [2.75, 3.05) is 11.9 Å². The third kappa shape index (κ3) is 6.33. The Bertz CT molecular complexity index is 1180. The first-order valence-corrected chi connectivity index (χ1v) is 12.2. The van der Waals surface area contributed by atoms with Crippen LogP contribution in [0.3, 0.4) is 0 Å². The van der Waals surface area contributed by atoms with E-state index in [0.717, 1.165) is 9.87 Å². The summed E-state index contributed by atoms with van der Waals surface area (Å²) in [5.41, 5.74) is 2.42. The fourth-order valence-corrected chi connectivity index (χ4v) is 4.86. The highest BCUT2D eigenvalue weighted by molar-refractivity contribution is 7.89. The predicted molar refractivity (Wildman–Crippen MR) is 130 cm³/mol. The average molecular weight is 491 g/mol. The van der Waals surface area contributed by atoms with Gasteiger partial charge in [-0.05, 0) is 65.6 Å². The molecule has 3 rings (SSSR count). The van der Waals surface area contributed by atoms with Crippen LogP contribution in [0.2, 0.25) is 10.0 Å². The molecular weight excluding hydrogens is 467 g/mol. The molecule has 1 N–H and O–H groups in total. The summed E-state index contributed by atoms with van der Waals surface area (Å²) in [6.45, 7) is 3.81. The number of hydrogen-bond donors (Lipinski definition) is 1. The normalized spacial score (nSPS) is 11.7. The van der Waals surface area contributed by atoms with Gasteiger partial charge in [-0.3, -0.25) is 4.79 Å². The van der Waals surface area contributed by atoms with Crippen LogP contribution in [0, 0.1) is 0 Å². The van der Waals surface area contributed by atoms with Gasteiger partial charge in [-0.1, -0.05) is 61.3 Å². The molecule has 0 aliphatic carbocycles. The molecule has 5 nitrogen and oxygen atoms in total. The zero-order chi connectivity index (χ0) is 23.3. The van der Waals surface area contributed by atoms with Crippen LogP contribution in [0.15, 0.2) is 77.7 Å². The van der Waals surface area contributed by atoms with E-state index < -0.39 is 15.9 Å². The minimum absolute atomic E-state index is 0.00870. The smallest absolute Gasteiger partial charge is 0.243 e. The molecule has 3 aromatic carbocycles. The van der Waals surface area contributed by atoms with Crippen LogP contribution in [0.1, 0.15) is 30.9 Å². The quantitative estimate of drug-likeness (QED) is 0.424. The van der Waals surface area contributed by atoms with Crippen molar-refractivity contribution in [1.29, 1.82) is 0 Å². The Labute approximate surface area is 199 Å². The molecule has 0 aliphatic rings. The Morgan fingerprint density at radius 3 is 2.19 bits per heavy atom. The maximum Gasteiger partial charge on any atom is 0.243 e. The molecule has 0 bridgehead atoms. The van der Waals surface area contributed by atoms with Gasteiger partial charge in [0.1, 0.15) is 0 Å². The number of sulfonamides is 1. The van der Waals surface area contributed by atoms with E-state index in [9.17, 15) is 13.2 Å². The lowest BCUT2D eigenvalue weighted by Crippen LogP contribution is -2.37. The molecule has 3 aromatic rings. The standard InChI is InChI=1S/C24H24Cl2N2O3S/c1-17(2)19-6-10-22(11-7-19)27-24(29)16-28(15-18-4-3-5-21(26)14-18)32(30,31)23-12-8-20(25)9-13-23/h3-14,17H,15-16H2,1-2H3,(H,27,29). The summed E-state index contributed by atoms with van der Waals surface area (Å²) >= 11 is 12.0. The van der Waals surface area contributed by atoms with Crippen LogP contribution in [0.5, 0.6) is 0 Å². The van der Waals surface area contributed by atoms with E-state index in [4.69, 9.17) is 23.2 Å². The molecule has 0 heterocycles. The van der Waals surface area contributed by atoms with Gasteiger partial charge in [0.15, 0.2) is 0 Å². The van der Waals surface area contributed by atoms with Crippen molar-refractivity contribution in [3.05, 3.63) is 94.0 Å². The molecule has 0 fully saturated rings. The number of benzene rings is 3. The van der Waals surface area contributed by atoms with Crippen molar-refractivity contribution in [3.63, 3.8) is 0 Å². The van der Waals surface area contributed by atoms with Crippen molar-refractivity contribution in [2.24, 2.45) is 0 Å². The lowest BCUT2D eigenvalue weighted by Gasteiger charge is -2.22. The summed E-state index contributed by atoms with van der Waals surface area (Å²) in [4.78, 5) is 12.8.